The zero-order valence-corrected chi connectivity index (χ0v) is 12.4. The van der Waals surface area contributed by atoms with E-state index in [4.69, 9.17) is 4.74 Å². The van der Waals surface area contributed by atoms with Gasteiger partial charge in [0.2, 0.25) is 0 Å². The quantitative estimate of drug-likeness (QED) is 0.852. The summed E-state index contributed by atoms with van der Waals surface area (Å²) in [6.07, 6.45) is 2.31. The van der Waals surface area contributed by atoms with Crippen molar-refractivity contribution in [2.24, 2.45) is 0 Å². The van der Waals surface area contributed by atoms with Crippen LogP contribution in [0, 0.1) is 0 Å². The zero-order valence-electron chi connectivity index (χ0n) is 12.4. The van der Waals surface area contributed by atoms with Crippen LogP contribution in [0.15, 0.2) is 24.3 Å². The predicted molar refractivity (Wildman–Crippen MR) is 79.9 cm³/mol. The summed E-state index contributed by atoms with van der Waals surface area (Å²) >= 11 is 0. The number of rotatable bonds is 6. The van der Waals surface area contributed by atoms with E-state index in [1.165, 1.54) is 12.0 Å². The molecule has 0 fully saturated rings. The molecule has 3 nitrogen and oxygen atoms in total. The Kier molecular flexibility index (Phi) is 5.23. The maximum Gasteiger partial charge on any atom is 0.122 e. The largest absolute Gasteiger partial charge is 0.493 e. The molecule has 19 heavy (non-hydrogen) atoms. The van der Waals surface area contributed by atoms with Crippen molar-refractivity contribution in [2.75, 3.05) is 33.8 Å². The highest BCUT2D eigenvalue weighted by Gasteiger charge is 2.21. The minimum atomic E-state index is 0.567. The highest BCUT2D eigenvalue weighted by atomic mass is 16.5. The van der Waals surface area contributed by atoms with Crippen LogP contribution in [0.5, 0.6) is 5.75 Å². The molecule has 1 aromatic carbocycles. The molecule has 2 unspecified atom stereocenters. The lowest BCUT2D eigenvalue weighted by Crippen LogP contribution is -2.34. The first-order chi connectivity index (χ1) is 9.16. The molecule has 2 atom stereocenters. The van der Waals surface area contributed by atoms with E-state index in [-0.39, 0.29) is 0 Å². The summed E-state index contributed by atoms with van der Waals surface area (Å²) in [5.41, 5.74) is 1.36. The summed E-state index contributed by atoms with van der Waals surface area (Å²) < 4.78 is 5.71. The molecule has 0 bridgehead atoms. The predicted octanol–water partition coefficient (Wildman–Crippen LogP) is 2.48. The first-order valence-corrected chi connectivity index (χ1v) is 7.26. The van der Waals surface area contributed by atoms with Crippen molar-refractivity contribution in [1.82, 2.24) is 10.2 Å². The van der Waals surface area contributed by atoms with Crippen molar-refractivity contribution in [3.05, 3.63) is 29.8 Å². The average molecular weight is 262 g/mol. The third-order valence-electron chi connectivity index (χ3n) is 3.80. The van der Waals surface area contributed by atoms with Crippen molar-refractivity contribution in [3.8, 4) is 5.75 Å². The van der Waals surface area contributed by atoms with Gasteiger partial charge < -0.3 is 15.0 Å². The molecule has 0 saturated heterocycles. The monoisotopic (exact) mass is 262 g/mol. The van der Waals surface area contributed by atoms with Crippen molar-refractivity contribution in [2.45, 2.75) is 31.7 Å². The Morgan fingerprint density at radius 2 is 2.16 bits per heavy atom. The number of para-hydroxylation sites is 1. The second kappa shape index (κ2) is 6.92. The number of hydrogen-bond donors (Lipinski definition) is 1. The van der Waals surface area contributed by atoms with Crippen LogP contribution in [0.25, 0.3) is 0 Å². The lowest BCUT2D eigenvalue weighted by molar-refractivity contribution is 0.261. The maximum atomic E-state index is 5.71. The molecule has 2 rings (SSSR count). The minimum Gasteiger partial charge on any atom is -0.493 e. The molecule has 0 saturated carbocycles. The zero-order chi connectivity index (χ0) is 13.7. The summed E-state index contributed by atoms with van der Waals surface area (Å²) in [7, 11) is 4.25. The molecule has 0 aromatic heterocycles. The van der Waals surface area contributed by atoms with Crippen LogP contribution >= 0.6 is 0 Å². The standard InChI is InChI=1S/C16H26N2O/c1-13(8-10-18(2)3)17-12-14-9-11-19-16-7-5-4-6-15(14)16/h4-7,13-14,17H,8-12H2,1-3H3. The fourth-order valence-corrected chi connectivity index (χ4v) is 2.53. The van der Waals surface area contributed by atoms with Crippen LogP contribution in [0.1, 0.15) is 31.2 Å². The number of ether oxygens (including phenoxy) is 1. The van der Waals surface area contributed by atoms with Crippen molar-refractivity contribution >= 4 is 0 Å². The van der Waals surface area contributed by atoms with E-state index in [9.17, 15) is 0 Å². The third kappa shape index (κ3) is 4.22. The molecule has 1 aliphatic heterocycles. The Labute approximate surface area is 116 Å². The lowest BCUT2D eigenvalue weighted by Gasteiger charge is -2.27. The van der Waals surface area contributed by atoms with E-state index in [1.807, 2.05) is 6.07 Å². The van der Waals surface area contributed by atoms with Gasteiger partial charge in [-0.2, -0.15) is 0 Å². The highest BCUT2D eigenvalue weighted by Crippen LogP contribution is 2.32. The van der Waals surface area contributed by atoms with E-state index < -0.39 is 0 Å². The van der Waals surface area contributed by atoms with Crippen molar-refractivity contribution in [1.29, 1.82) is 0 Å². The highest BCUT2D eigenvalue weighted by molar-refractivity contribution is 5.37. The molecule has 3 heteroatoms. The molecule has 1 aromatic rings. The van der Waals surface area contributed by atoms with Crippen LogP contribution in [0.3, 0.4) is 0 Å². The maximum absolute atomic E-state index is 5.71. The van der Waals surface area contributed by atoms with E-state index in [0.717, 1.165) is 31.9 Å². The van der Waals surface area contributed by atoms with Crippen molar-refractivity contribution in [3.63, 3.8) is 0 Å². The molecule has 1 heterocycles. The first kappa shape index (κ1) is 14.4. The molecule has 1 aliphatic rings. The molecule has 0 spiro atoms. The number of nitrogens with zero attached hydrogens (tertiary/aromatic N) is 1. The summed E-state index contributed by atoms with van der Waals surface area (Å²) in [4.78, 5) is 2.24. The van der Waals surface area contributed by atoms with Crippen LogP contribution in [-0.4, -0.2) is 44.7 Å². The van der Waals surface area contributed by atoms with Crippen LogP contribution in [-0.2, 0) is 0 Å². The summed E-state index contributed by atoms with van der Waals surface area (Å²) in [6.45, 7) is 5.30. The van der Waals surface area contributed by atoms with Gasteiger partial charge in [0.15, 0.2) is 0 Å². The fourth-order valence-electron chi connectivity index (χ4n) is 2.53. The Morgan fingerprint density at radius 3 is 2.95 bits per heavy atom. The fraction of sp³-hybridized carbons (Fsp3) is 0.625. The molecule has 0 aliphatic carbocycles. The Balaban J connectivity index is 1.84. The van der Waals surface area contributed by atoms with E-state index >= 15 is 0 Å². The van der Waals surface area contributed by atoms with E-state index in [1.54, 1.807) is 0 Å². The Hall–Kier alpha value is -1.06. The average Bonchev–Trinajstić information content (AvgIpc) is 2.42. The molecular formula is C16H26N2O. The van der Waals surface area contributed by atoms with Gasteiger partial charge in [-0.25, -0.2) is 0 Å². The second-order valence-corrected chi connectivity index (χ2v) is 5.77. The van der Waals surface area contributed by atoms with Gasteiger partial charge in [0, 0.05) is 18.5 Å². The first-order valence-electron chi connectivity index (χ1n) is 7.26. The molecule has 0 radical (unpaired) electrons. The van der Waals surface area contributed by atoms with Gasteiger partial charge in [0.25, 0.3) is 0 Å². The second-order valence-electron chi connectivity index (χ2n) is 5.77. The summed E-state index contributed by atoms with van der Waals surface area (Å²) in [5, 5.41) is 3.67. The smallest absolute Gasteiger partial charge is 0.122 e. The number of benzene rings is 1. The van der Waals surface area contributed by atoms with E-state index in [0.29, 0.717) is 12.0 Å². The third-order valence-corrected chi connectivity index (χ3v) is 3.80. The van der Waals surface area contributed by atoms with Crippen LogP contribution < -0.4 is 10.1 Å². The lowest BCUT2D eigenvalue weighted by atomic mass is 9.93. The summed E-state index contributed by atoms with van der Waals surface area (Å²) in [6, 6.07) is 9.00. The summed E-state index contributed by atoms with van der Waals surface area (Å²) in [5.74, 6) is 1.66. The Morgan fingerprint density at radius 1 is 1.37 bits per heavy atom. The van der Waals surface area contributed by atoms with Crippen LogP contribution in [0.4, 0.5) is 0 Å². The van der Waals surface area contributed by atoms with Gasteiger partial charge in [0.05, 0.1) is 6.61 Å². The van der Waals surface area contributed by atoms with Crippen LogP contribution in [0.2, 0.25) is 0 Å². The number of fused-ring (bicyclic) bond motifs is 1. The van der Waals surface area contributed by atoms with Gasteiger partial charge in [-0.3, -0.25) is 0 Å². The minimum absolute atomic E-state index is 0.567. The van der Waals surface area contributed by atoms with E-state index in [2.05, 4.69) is 49.4 Å². The topological polar surface area (TPSA) is 24.5 Å². The molecule has 106 valence electrons. The molecule has 0 amide bonds. The van der Waals surface area contributed by atoms with Gasteiger partial charge in [0.1, 0.15) is 5.75 Å². The number of nitrogens with one attached hydrogen (secondary N) is 1. The van der Waals surface area contributed by atoms with Gasteiger partial charge in [-0.1, -0.05) is 18.2 Å². The van der Waals surface area contributed by atoms with Gasteiger partial charge >= 0.3 is 0 Å². The van der Waals surface area contributed by atoms with Crippen molar-refractivity contribution < 1.29 is 4.74 Å². The molecule has 1 N–H and O–H groups in total. The SMILES string of the molecule is CC(CCN(C)C)NCC1CCOc2ccccc21. The number of hydrogen-bond acceptors (Lipinski definition) is 3. The normalized spacial score (nSPS) is 19.9. The Bertz CT molecular complexity index is 392. The van der Waals surface area contributed by atoms with Gasteiger partial charge in [-0.15, -0.1) is 0 Å². The molecular weight excluding hydrogens is 236 g/mol. The van der Waals surface area contributed by atoms with Gasteiger partial charge in [-0.05, 0) is 52.0 Å².